The third kappa shape index (κ3) is 1.37. The Balaban J connectivity index is 2.31. The van der Waals surface area contributed by atoms with Gasteiger partial charge in [0, 0.05) is 5.56 Å². The van der Waals surface area contributed by atoms with Gasteiger partial charge in [-0.25, -0.2) is 4.98 Å². The summed E-state index contributed by atoms with van der Waals surface area (Å²) < 4.78 is 0. The zero-order chi connectivity index (χ0) is 10.1. The van der Waals surface area contributed by atoms with Crippen LogP contribution in [0.25, 0.3) is 17.3 Å². The predicted octanol–water partition coefficient (Wildman–Crippen LogP) is 3.31. The number of hydrogen-bond acceptors (Lipinski definition) is 1. The van der Waals surface area contributed by atoms with Gasteiger partial charge >= 0.3 is 0 Å². The number of rotatable bonds is 0. The molecule has 3 aliphatic rings. The molecule has 0 aromatic carbocycles. The first-order chi connectivity index (χ1) is 7.45. The van der Waals surface area contributed by atoms with Crippen LogP contribution in [0.2, 0.25) is 0 Å². The Kier molecular flexibility index (Phi) is 1.88. The van der Waals surface area contributed by atoms with E-state index in [-0.39, 0.29) is 0 Å². The third-order valence-corrected chi connectivity index (χ3v) is 2.71. The molecule has 3 rings (SSSR count). The minimum absolute atomic E-state index is 0.975. The van der Waals surface area contributed by atoms with E-state index in [9.17, 15) is 0 Å². The van der Waals surface area contributed by atoms with Crippen LogP contribution in [-0.4, -0.2) is 4.98 Å². The monoisotopic (exact) mass is 193 g/mol. The maximum absolute atomic E-state index is 4.63. The fourth-order valence-corrected chi connectivity index (χ4v) is 1.99. The van der Waals surface area contributed by atoms with Crippen molar-refractivity contribution in [1.82, 2.24) is 4.98 Å². The van der Waals surface area contributed by atoms with Gasteiger partial charge in [0.1, 0.15) is 0 Å². The second kappa shape index (κ2) is 3.35. The second-order valence-corrected chi connectivity index (χ2v) is 3.68. The molecule has 0 aromatic heterocycles. The molecule has 0 fully saturated rings. The highest BCUT2D eigenvalue weighted by molar-refractivity contribution is 5.73. The molecule has 72 valence electrons. The first kappa shape index (κ1) is 8.42. The van der Waals surface area contributed by atoms with Gasteiger partial charge in [0.2, 0.25) is 0 Å². The molecule has 0 spiro atoms. The molecule has 0 radical (unpaired) electrons. The first-order valence-electron chi connectivity index (χ1n) is 5.16. The summed E-state index contributed by atoms with van der Waals surface area (Å²) in [6.07, 6.45) is 9.37. The Bertz CT molecular complexity index is 523. The summed E-state index contributed by atoms with van der Waals surface area (Å²) in [6.45, 7) is 0. The van der Waals surface area contributed by atoms with Crippen molar-refractivity contribution in [3.8, 4) is 11.3 Å². The van der Waals surface area contributed by atoms with Crippen molar-refractivity contribution in [1.29, 1.82) is 0 Å². The maximum Gasteiger partial charge on any atom is 0.0713 e. The van der Waals surface area contributed by atoms with Crippen LogP contribution in [0, 0.1) is 0 Å². The van der Waals surface area contributed by atoms with E-state index in [2.05, 4.69) is 47.5 Å². The minimum Gasteiger partial charge on any atom is -0.248 e. The van der Waals surface area contributed by atoms with Crippen LogP contribution in [0.5, 0.6) is 0 Å². The lowest BCUT2D eigenvalue weighted by Gasteiger charge is -1.95. The number of aromatic nitrogens is 1. The highest BCUT2D eigenvalue weighted by Gasteiger charge is 2.14. The topological polar surface area (TPSA) is 12.9 Å². The fourth-order valence-electron chi connectivity index (χ4n) is 1.99. The van der Waals surface area contributed by atoms with Crippen LogP contribution < -0.4 is 0 Å². The molecular formula is C14H11N. The van der Waals surface area contributed by atoms with E-state index in [0.29, 0.717) is 0 Å². The van der Waals surface area contributed by atoms with Crippen molar-refractivity contribution in [2.75, 3.05) is 0 Å². The van der Waals surface area contributed by atoms with E-state index in [4.69, 9.17) is 0 Å². The summed E-state index contributed by atoms with van der Waals surface area (Å²) in [4.78, 5) is 4.63. The van der Waals surface area contributed by atoms with Gasteiger partial charge in [-0.05, 0) is 24.1 Å². The summed E-state index contributed by atoms with van der Waals surface area (Å²) >= 11 is 0. The molecule has 0 N–H and O–H groups in total. The molecule has 0 amide bonds. The lowest BCUT2D eigenvalue weighted by molar-refractivity contribution is 1.27. The SMILES string of the molecule is C1=CCc2c3cccccc-3nc2C=C1. The van der Waals surface area contributed by atoms with E-state index < -0.39 is 0 Å². The van der Waals surface area contributed by atoms with E-state index in [1.54, 1.807) is 0 Å². The molecule has 0 aromatic rings. The number of hydrogen-bond donors (Lipinski definition) is 0. The van der Waals surface area contributed by atoms with Crippen LogP contribution in [0.1, 0.15) is 11.3 Å². The van der Waals surface area contributed by atoms with Crippen molar-refractivity contribution in [2.45, 2.75) is 6.42 Å². The van der Waals surface area contributed by atoms with Crippen molar-refractivity contribution in [3.05, 3.63) is 59.8 Å². The average molecular weight is 193 g/mol. The largest absolute Gasteiger partial charge is 0.248 e. The van der Waals surface area contributed by atoms with E-state index in [1.807, 2.05) is 12.1 Å². The zero-order valence-corrected chi connectivity index (χ0v) is 8.35. The van der Waals surface area contributed by atoms with Gasteiger partial charge in [0.15, 0.2) is 0 Å². The highest BCUT2D eigenvalue weighted by atomic mass is 14.7. The highest BCUT2D eigenvalue weighted by Crippen LogP contribution is 2.30. The van der Waals surface area contributed by atoms with Crippen LogP contribution >= 0.6 is 0 Å². The summed E-state index contributed by atoms with van der Waals surface area (Å²) in [5.74, 6) is 0. The maximum atomic E-state index is 4.63. The van der Waals surface area contributed by atoms with Gasteiger partial charge in [-0.2, -0.15) is 0 Å². The lowest BCUT2D eigenvalue weighted by atomic mass is 10.1. The predicted molar refractivity (Wildman–Crippen MR) is 62.7 cm³/mol. The lowest BCUT2D eigenvalue weighted by Crippen LogP contribution is -1.81. The smallest absolute Gasteiger partial charge is 0.0713 e. The zero-order valence-electron chi connectivity index (χ0n) is 8.35. The Morgan fingerprint density at radius 3 is 2.93 bits per heavy atom. The summed E-state index contributed by atoms with van der Waals surface area (Å²) in [6, 6.07) is 10.4. The molecule has 0 saturated heterocycles. The Hall–Kier alpha value is -1.89. The summed E-state index contributed by atoms with van der Waals surface area (Å²) in [7, 11) is 0. The number of nitrogens with zero attached hydrogens (tertiary/aromatic N) is 1. The Labute approximate surface area is 89.1 Å². The van der Waals surface area contributed by atoms with Gasteiger partial charge in [-0.15, -0.1) is 0 Å². The second-order valence-electron chi connectivity index (χ2n) is 3.68. The number of allylic oxidation sites excluding steroid dienone is 3. The molecule has 1 heteroatoms. The van der Waals surface area contributed by atoms with Crippen LogP contribution in [0.3, 0.4) is 0 Å². The van der Waals surface area contributed by atoms with Gasteiger partial charge in [-0.1, -0.05) is 42.5 Å². The van der Waals surface area contributed by atoms with Crippen LogP contribution in [0.4, 0.5) is 0 Å². The van der Waals surface area contributed by atoms with E-state index in [1.165, 1.54) is 11.1 Å². The molecular weight excluding hydrogens is 182 g/mol. The Morgan fingerprint density at radius 2 is 1.93 bits per heavy atom. The van der Waals surface area contributed by atoms with E-state index >= 15 is 0 Å². The average Bonchev–Trinajstić information content (AvgIpc) is 2.51. The molecule has 0 atom stereocenters. The molecule has 2 aliphatic carbocycles. The van der Waals surface area contributed by atoms with Gasteiger partial charge in [0.05, 0.1) is 11.4 Å². The summed E-state index contributed by atoms with van der Waals surface area (Å²) in [5.41, 5.74) is 4.81. The van der Waals surface area contributed by atoms with Crippen molar-refractivity contribution >= 4 is 6.08 Å². The third-order valence-electron chi connectivity index (χ3n) is 2.71. The van der Waals surface area contributed by atoms with Gasteiger partial charge < -0.3 is 0 Å². The normalized spacial score (nSPS) is 13.9. The van der Waals surface area contributed by atoms with Crippen LogP contribution in [-0.2, 0) is 6.42 Å². The fraction of sp³-hybridized carbons (Fsp3) is 0.0714. The molecule has 0 unspecified atom stereocenters. The molecule has 1 heterocycles. The standard InChI is InChI=1S/C14H11N/c1-3-7-11-12-8-4-2-6-10-14(12)15-13(11)9-5-1/h1-7,9-10H,8H2. The first-order valence-corrected chi connectivity index (χ1v) is 5.16. The quantitative estimate of drug-likeness (QED) is 0.625. The molecule has 0 bridgehead atoms. The molecule has 0 saturated carbocycles. The van der Waals surface area contributed by atoms with Crippen molar-refractivity contribution in [2.24, 2.45) is 0 Å². The van der Waals surface area contributed by atoms with E-state index in [0.717, 1.165) is 17.8 Å². The van der Waals surface area contributed by atoms with Crippen LogP contribution in [0.15, 0.2) is 48.6 Å². The van der Waals surface area contributed by atoms with Gasteiger partial charge in [-0.3, -0.25) is 0 Å². The minimum atomic E-state index is 0.975. The van der Waals surface area contributed by atoms with Crippen molar-refractivity contribution in [3.63, 3.8) is 0 Å². The van der Waals surface area contributed by atoms with Crippen molar-refractivity contribution < 1.29 is 0 Å². The molecule has 15 heavy (non-hydrogen) atoms. The Morgan fingerprint density at radius 1 is 1.00 bits per heavy atom. The molecule has 1 nitrogen and oxygen atoms in total. The number of fused-ring (bicyclic) bond motifs is 3. The van der Waals surface area contributed by atoms with Gasteiger partial charge in [0.25, 0.3) is 0 Å². The summed E-state index contributed by atoms with van der Waals surface area (Å²) in [5, 5.41) is 0. The molecule has 1 aliphatic heterocycles.